The van der Waals surface area contributed by atoms with E-state index < -0.39 is 0 Å². The molecule has 0 bridgehead atoms. The highest BCUT2D eigenvalue weighted by Gasteiger charge is 2.21. The number of esters is 1. The molecule has 0 spiro atoms. The fourth-order valence-electron chi connectivity index (χ4n) is 2.33. The summed E-state index contributed by atoms with van der Waals surface area (Å²) in [7, 11) is 0. The van der Waals surface area contributed by atoms with Crippen molar-refractivity contribution in [2.24, 2.45) is 0 Å². The van der Waals surface area contributed by atoms with Crippen molar-refractivity contribution < 1.29 is 9.53 Å². The van der Waals surface area contributed by atoms with Crippen LogP contribution >= 0.6 is 0 Å². The van der Waals surface area contributed by atoms with E-state index in [9.17, 15) is 4.79 Å². The van der Waals surface area contributed by atoms with Gasteiger partial charge in [0, 0.05) is 12.8 Å². The Kier molecular flexibility index (Phi) is 4.18. The third kappa shape index (κ3) is 3.32. The topological polar surface area (TPSA) is 26.3 Å². The molecule has 1 aliphatic carbocycles. The van der Waals surface area contributed by atoms with E-state index in [1.807, 2.05) is 0 Å². The first-order valence-corrected chi connectivity index (χ1v) is 6.56. The molecule has 17 heavy (non-hydrogen) atoms. The van der Waals surface area contributed by atoms with Crippen LogP contribution < -0.4 is 0 Å². The van der Waals surface area contributed by atoms with Crippen LogP contribution in [-0.4, -0.2) is 12.1 Å². The number of hydrogen-bond acceptors (Lipinski definition) is 2. The fraction of sp³-hybridized carbons (Fsp3) is 0.533. The Hall–Kier alpha value is -1.31. The van der Waals surface area contributed by atoms with Crippen molar-refractivity contribution in [1.29, 1.82) is 0 Å². The van der Waals surface area contributed by atoms with Gasteiger partial charge in [-0.05, 0) is 30.4 Å². The molecule has 1 atom stereocenters. The lowest BCUT2D eigenvalue weighted by Crippen LogP contribution is -2.25. The van der Waals surface area contributed by atoms with E-state index in [1.54, 1.807) is 0 Å². The predicted octanol–water partition coefficient (Wildman–Crippen LogP) is 3.28. The van der Waals surface area contributed by atoms with Crippen molar-refractivity contribution in [3.05, 3.63) is 35.4 Å². The lowest BCUT2D eigenvalue weighted by molar-refractivity contribution is -0.149. The van der Waals surface area contributed by atoms with Gasteiger partial charge < -0.3 is 4.74 Å². The molecular weight excluding hydrogens is 212 g/mol. The van der Waals surface area contributed by atoms with E-state index in [2.05, 4.69) is 31.2 Å². The van der Waals surface area contributed by atoms with Gasteiger partial charge in [-0.1, -0.05) is 37.6 Å². The Morgan fingerprint density at radius 1 is 1.35 bits per heavy atom. The summed E-state index contributed by atoms with van der Waals surface area (Å²) in [6.07, 6.45) is 5.51. The highest BCUT2D eigenvalue weighted by molar-refractivity contribution is 5.69. The lowest BCUT2D eigenvalue weighted by Gasteiger charge is -2.24. The number of ether oxygens (including phenoxy) is 1. The van der Waals surface area contributed by atoms with Crippen molar-refractivity contribution in [2.45, 2.75) is 51.6 Å². The molecule has 2 rings (SSSR count). The number of rotatable bonds is 4. The summed E-state index contributed by atoms with van der Waals surface area (Å²) in [4.78, 5) is 11.6. The van der Waals surface area contributed by atoms with Crippen LogP contribution in [0.3, 0.4) is 0 Å². The van der Waals surface area contributed by atoms with Crippen LogP contribution in [0.1, 0.15) is 43.7 Å². The minimum Gasteiger partial charge on any atom is -0.462 e. The fourth-order valence-corrected chi connectivity index (χ4v) is 2.33. The number of unbranched alkanes of at least 4 members (excludes halogenated alkanes) is 1. The average molecular weight is 232 g/mol. The molecule has 0 radical (unpaired) electrons. The second kappa shape index (κ2) is 5.85. The van der Waals surface area contributed by atoms with E-state index >= 15 is 0 Å². The Morgan fingerprint density at radius 2 is 2.12 bits per heavy atom. The van der Waals surface area contributed by atoms with Gasteiger partial charge in [0.05, 0.1) is 0 Å². The summed E-state index contributed by atoms with van der Waals surface area (Å²) in [6, 6.07) is 8.44. The van der Waals surface area contributed by atoms with Gasteiger partial charge in [0.15, 0.2) is 0 Å². The van der Waals surface area contributed by atoms with Crippen LogP contribution in [0.2, 0.25) is 0 Å². The Balaban J connectivity index is 1.88. The predicted molar refractivity (Wildman–Crippen MR) is 67.9 cm³/mol. The Morgan fingerprint density at radius 3 is 2.88 bits per heavy atom. The molecule has 1 aliphatic rings. The first kappa shape index (κ1) is 12.2. The number of benzene rings is 1. The molecule has 1 unspecified atom stereocenters. The molecule has 0 fully saturated rings. The van der Waals surface area contributed by atoms with Gasteiger partial charge in [-0.15, -0.1) is 0 Å². The number of carbonyl (C=O) groups excluding carboxylic acids is 1. The summed E-state index contributed by atoms with van der Waals surface area (Å²) < 4.78 is 5.51. The molecule has 1 aromatic carbocycles. The maximum absolute atomic E-state index is 11.6. The molecular formula is C15H20O2. The van der Waals surface area contributed by atoms with Crippen LogP contribution in [0.5, 0.6) is 0 Å². The normalized spacial score (nSPS) is 18.5. The summed E-state index contributed by atoms with van der Waals surface area (Å²) in [5, 5.41) is 0. The van der Waals surface area contributed by atoms with Crippen molar-refractivity contribution >= 4 is 5.97 Å². The maximum atomic E-state index is 11.6. The molecule has 0 amide bonds. The van der Waals surface area contributed by atoms with Crippen molar-refractivity contribution in [3.8, 4) is 0 Å². The summed E-state index contributed by atoms with van der Waals surface area (Å²) in [5.74, 6) is -0.0313. The van der Waals surface area contributed by atoms with Gasteiger partial charge in [0.25, 0.3) is 0 Å². The zero-order valence-electron chi connectivity index (χ0n) is 10.4. The Bertz CT molecular complexity index is 384. The zero-order chi connectivity index (χ0) is 12.1. The van der Waals surface area contributed by atoms with E-state index in [-0.39, 0.29) is 12.1 Å². The molecule has 1 aromatic rings. The van der Waals surface area contributed by atoms with Crippen molar-refractivity contribution in [1.82, 2.24) is 0 Å². The van der Waals surface area contributed by atoms with Crippen LogP contribution in [0.25, 0.3) is 0 Å². The second-order valence-corrected chi connectivity index (χ2v) is 4.73. The number of fused-ring (bicyclic) bond motifs is 1. The third-order valence-corrected chi connectivity index (χ3v) is 3.33. The van der Waals surface area contributed by atoms with E-state index in [1.165, 1.54) is 11.1 Å². The van der Waals surface area contributed by atoms with Gasteiger partial charge in [-0.25, -0.2) is 0 Å². The van der Waals surface area contributed by atoms with Gasteiger partial charge in [0.2, 0.25) is 0 Å². The lowest BCUT2D eigenvalue weighted by atomic mass is 9.90. The molecule has 2 heteroatoms. The second-order valence-electron chi connectivity index (χ2n) is 4.73. The van der Waals surface area contributed by atoms with Crippen LogP contribution in [-0.2, 0) is 22.4 Å². The number of aryl methyl sites for hydroxylation is 1. The minimum atomic E-state index is -0.0313. The monoisotopic (exact) mass is 232 g/mol. The van der Waals surface area contributed by atoms with Gasteiger partial charge in [-0.3, -0.25) is 4.79 Å². The highest BCUT2D eigenvalue weighted by Crippen LogP contribution is 2.23. The Labute approximate surface area is 103 Å². The first-order chi connectivity index (χ1) is 8.29. The van der Waals surface area contributed by atoms with Crippen LogP contribution in [0, 0.1) is 0 Å². The molecule has 92 valence electrons. The van der Waals surface area contributed by atoms with Crippen LogP contribution in [0.15, 0.2) is 24.3 Å². The molecule has 0 saturated carbocycles. The number of carbonyl (C=O) groups is 1. The quantitative estimate of drug-likeness (QED) is 0.745. The molecule has 0 heterocycles. The minimum absolute atomic E-state index is 0.0313. The molecule has 0 saturated heterocycles. The number of hydrogen-bond donors (Lipinski definition) is 0. The van der Waals surface area contributed by atoms with E-state index in [0.717, 1.165) is 32.1 Å². The smallest absolute Gasteiger partial charge is 0.306 e. The van der Waals surface area contributed by atoms with E-state index in [0.29, 0.717) is 6.42 Å². The largest absolute Gasteiger partial charge is 0.462 e. The molecule has 0 N–H and O–H groups in total. The highest BCUT2D eigenvalue weighted by atomic mass is 16.5. The van der Waals surface area contributed by atoms with Crippen LogP contribution in [0.4, 0.5) is 0 Å². The summed E-state index contributed by atoms with van der Waals surface area (Å²) in [5.41, 5.74) is 2.75. The summed E-state index contributed by atoms with van der Waals surface area (Å²) >= 11 is 0. The van der Waals surface area contributed by atoms with Crippen molar-refractivity contribution in [2.75, 3.05) is 0 Å². The van der Waals surface area contributed by atoms with Gasteiger partial charge in [0.1, 0.15) is 6.10 Å². The zero-order valence-corrected chi connectivity index (χ0v) is 10.4. The molecule has 0 aliphatic heterocycles. The summed E-state index contributed by atoms with van der Waals surface area (Å²) in [6.45, 7) is 2.09. The third-order valence-electron chi connectivity index (χ3n) is 3.33. The van der Waals surface area contributed by atoms with E-state index in [4.69, 9.17) is 4.74 Å². The molecule has 2 nitrogen and oxygen atoms in total. The van der Waals surface area contributed by atoms with Gasteiger partial charge in [-0.2, -0.15) is 0 Å². The maximum Gasteiger partial charge on any atom is 0.306 e. The standard InChI is InChI=1S/C15H20O2/c1-2-3-8-15(16)17-14-10-9-12-6-4-5-7-13(12)11-14/h4-7,14H,2-3,8-11H2,1H3. The molecule has 0 aromatic heterocycles. The first-order valence-electron chi connectivity index (χ1n) is 6.56. The SMILES string of the molecule is CCCCC(=O)OC1CCc2ccccc2C1. The average Bonchev–Trinajstić information content (AvgIpc) is 2.36. The van der Waals surface area contributed by atoms with Crippen molar-refractivity contribution in [3.63, 3.8) is 0 Å². The van der Waals surface area contributed by atoms with Gasteiger partial charge >= 0.3 is 5.97 Å².